The zero-order valence-electron chi connectivity index (χ0n) is 17.3. The van der Waals surface area contributed by atoms with Gasteiger partial charge >= 0.3 is 0 Å². The molecular formula is C21H38O3Si. The van der Waals surface area contributed by atoms with Gasteiger partial charge in [-0.25, -0.2) is 0 Å². The Morgan fingerprint density at radius 1 is 1.24 bits per heavy atom. The maximum absolute atomic E-state index is 10.9. The van der Waals surface area contributed by atoms with E-state index in [1.165, 1.54) is 5.57 Å². The molecule has 1 saturated heterocycles. The summed E-state index contributed by atoms with van der Waals surface area (Å²) >= 11 is 0. The van der Waals surface area contributed by atoms with E-state index in [4.69, 9.17) is 9.16 Å². The van der Waals surface area contributed by atoms with Crippen molar-refractivity contribution in [2.75, 3.05) is 0 Å². The summed E-state index contributed by atoms with van der Waals surface area (Å²) in [6.07, 6.45) is 5.76. The smallest absolute Gasteiger partial charge is 0.193 e. The highest BCUT2D eigenvalue weighted by molar-refractivity contribution is 6.73. The first-order chi connectivity index (χ1) is 11.7. The fourth-order valence-electron chi connectivity index (χ4n) is 4.72. The standard InChI is InChI=1S/C21H38O3Si/c1-8-25(9-2,10-3)24-21(7)19(12-11-15(4)5)23-18-14-16(6)13-17(22)20(18)21/h11-12,16-18,20,22H,8-10,13-14H2,1-7H3/b19-12-/t16-,17+,18+,20-,21+/m1/s1. The number of allylic oxidation sites excluding steroid dienone is 3. The molecule has 1 saturated carbocycles. The van der Waals surface area contributed by atoms with E-state index in [1.54, 1.807) is 0 Å². The normalized spacial score (nSPS) is 36.9. The Labute approximate surface area is 155 Å². The van der Waals surface area contributed by atoms with Crippen LogP contribution in [-0.2, 0) is 9.16 Å². The van der Waals surface area contributed by atoms with Gasteiger partial charge in [0.2, 0.25) is 0 Å². The van der Waals surface area contributed by atoms with Gasteiger partial charge in [0.25, 0.3) is 0 Å². The van der Waals surface area contributed by atoms with Crippen molar-refractivity contribution in [3.8, 4) is 0 Å². The molecule has 3 nitrogen and oxygen atoms in total. The van der Waals surface area contributed by atoms with Gasteiger partial charge in [-0.15, -0.1) is 0 Å². The van der Waals surface area contributed by atoms with E-state index in [9.17, 15) is 5.11 Å². The Bertz CT molecular complexity index is 511. The second-order valence-electron chi connectivity index (χ2n) is 8.55. The predicted octanol–water partition coefficient (Wildman–Crippen LogP) is 5.42. The van der Waals surface area contributed by atoms with Gasteiger partial charge in [0.15, 0.2) is 8.32 Å². The molecule has 0 radical (unpaired) electrons. The molecule has 1 N–H and O–H groups in total. The lowest BCUT2D eigenvalue weighted by molar-refractivity contribution is -0.0580. The molecule has 0 aromatic heterocycles. The van der Waals surface area contributed by atoms with Gasteiger partial charge < -0.3 is 14.3 Å². The van der Waals surface area contributed by atoms with Gasteiger partial charge in [-0.2, -0.15) is 0 Å². The van der Waals surface area contributed by atoms with Crippen LogP contribution in [-0.4, -0.2) is 31.2 Å². The first-order valence-corrected chi connectivity index (χ1v) is 12.6. The maximum Gasteiger partial charge on any atom is 0.193 e. The van der Waals surface area contributed by atoms with Crippen LogP contribution < -0.4 is 0 Å². The Morgan fingerprint density at radius 3 is 2.36 bits per heavy atom. The van der Waals surface area contributed by atoms with E-state index in [2.05, 4.69) is 60.6 Å². The molecule has 2 rings (SSSR count). The van der Waals surface area contributed by atoms with E-state index < -0.39 is 13.9 Å². The minimum absolute atomic E-state index is 0.0389. The van der Waals surface area contributed by atoms with Crippen molar-refractivity contribution in [1.29, 1.82) is 0 Å². The highest BCUT2D eigenvalue weighted by Crippen LogP contribution is 2.51. The number of hydrogen-bond donors (Lipinski definition) is 1. The largest absolute Gasteiger partial charge is 0.491 e. The monoisotopic (exact) mass is 366 g/mol. The molecule has 5 atom stereocenters. The topological polar surface area (TPSA) is 38.7 Å². The van der Waals surface area contributed by atoms with E-state index in [0.29, 0.717) is 5.92 Å². The van der Waals surface area contributed by atoms with Crippen molar-refractivity contribution in [3.05, 3.63) is 23.5 Å². The third-order valence-electron chi connectivity index (χ3n) is 6.43. The van der Waals surface area contributed by atoms with E-state index in [0.717, 1.165) is 36.7 Å². The number of aliphatic hydroxyl groups excluding tert-OH is 1. The van der Waals surface area contributed by atoms with E-state index >= 15 is 0 Å². The van der Waals surface area contributed by atoms with Crippen LogP contribution in [0.15, 0.2) is 23.5 Å². The SMILES string of the molecule is CC[Si](CC)(CC)O[C@@]1(C)/C(=C/C=C(C)C)O[C@H]2C[C@H](C)C[C@H](O)[C@H]21. The van der Waals surface area contributed by atoms with E-state index in [-0.39, 0.29) is 18.1 Å². The molecule has 144 valence electrons. The van der Waals surface area contributed by atoms with Crippen molar-refractivity contribution in [3.63, 3.8) is 0 Å². The Balaban J connectivity index is 2.46. The number of fused-ring (bicyclic) bond motifs is 1. The molecule has 1 aliphatic heterocycles. The Hall–Kier alpha value is -0.583. The molecule has 0 aromatic carbocycles. The minimum atomic E-state index is -1.83. The van der Waals surface area contributed by atoms with Gasteiger partial charge in [0, 0.05) is 0 Å². The molecule has 2 aliphatic rings. The van der Waals surface area contributed by atoms with Crippen LogP contribution in [0.3, 0.4) is 0 Å². The molecule has 1 aliphatic carbocycles. The van der Waals surface area contributed by atoms with Crippen molar-refractivity contribution >= 4 is 8.32 Å². The average molecular weight is 367 g/mol. The van der Waals surface area contributed by atoms with Crippen LogP contribution >= 0.6 is 0 Å². The summed E-state index contributed by atoms with van der Waals surface area (Å²) in [6, 6.07) is 3.32. The highest BCUT2D eigenvalue weighted by atomic mass is 28.4. The third-order valence-corrected chi connectivity index (χ3v) is 11.1. The number of aliphatic hydroxyl groups is 1. The molecule has 25 heavy (non-hydrogen) atoms. The van der Waals surface area contributed by atoms with E-state index in [1.807, 2.05) is 0 Å². The van der Waals surface area contributed by atoms with Crippen LogP contribution in [0.4, 0.5) is 0 Å². The fourth-order valence-corrected chi connectivity index (χ4v) is 7.78. The van der Waals surface area contributed by atoms with Crippen molar-refractivity contribution in [2.24, 2.45) is 11.8 Å². The fraction of sp³-hybridized carbons (Fsp3) is 0.810. The molecule has 0 aromatic rings. The summed E-state index contributed by atoms with van der Waals surface area (Å²) in [5.41, 5.74) is 0.733. The predicted molar refractivity (Wildman–Crippen MR) is 107 cm³/mol. The molecule has 0 unspecified atom stereocenters. The molecule has 0 spiro atoms. The summed E-state index contributed by atoms with van der Waals surface area (Å²) in [5, 5.41) is 10.9. The lowest BCUT2D eigenvalue weighted by Crippen LogP contribution is -2.54. The maximum atomic E-state index is 10.9. The van der Waals surface area contributed by atoms with Gasteiger partial charge in [-0.05, 0) is 63.7 Å². The first-order valence-electron chi connectivity index (χ1n) is 10.1. The van der Waals surface area contributed by atoms with Crippen molar-refractivity contribution < 1.29 is 14.3 Å². The molecule has 0 bridgehead atoms. The van der Waals surface area contributed by atoms with Gasteiger partial charge in [0.05, 0.1) is 12.0 Å². The summed E-state index contributed by atoms with van der Waals surface area (Å²) < 4.78 is 13.4. The number of rotatable bonds is 6. The van der Waals surface area contributed by atoms with Crippen molar-refractivity contribution in [2.45, 2.75) is 97.2 Å². The Morgan fingerprint density at radius 2 is 1.84 bits per heavy atom. The quantitative estimate of drug-likeness (QED) is 0.638. The summed E-state index contributed by atoms with van der Waals surface area (Å²) in [4.78, 5) is 0. The second-order valence-corrected chi connectivity index (χ2v) is 13.2. The molecular weight excluding hydrogens is 328 g/mol. The highest BCUT2D eigenvalue weighted by Gasteiger charge is 2.58. The van der Waals surface area contributed by atoms with Gasteiger partial charge in [-0.1, -0.05) is 39.3 Å². The minimum Gasteiger partial charge on any atom is -0.491 e. The third kappa shape index (κ3) is 4.06. The van der Waals surface area contributed by atoms with Crippen LogP contribution in [0.1, 0.15) is 61.3 Å². The van der Waals surface area contributed by atoms with Crippen LogP contribution in [0.25, 0.3) is 0 Å². The van der Waals surface area contributed by atoms with Crippen molar-refractivity contribution in [1.82, 2.24) is 0 Å². The summed E-state index contributed by atoms with van der Waals surface area (Å²) in [7, 11) is -1.83. The molecule has 0 amide bonds. The number of hydrogen-bond acceptors (Lipinski definition) is 3. The van der Waals surface area contributed by atoms with Gasteiger partial charge in [0.1, 0.15) is 17.5 Å². The average Bonchev–Trinajstić information content (AvgIpc) is 2.82. The van der Waals surface area contributed by atoms with Crippen LogP contribution in [0.5, 0.6) is 0 Å². The Kier molecular flexibility index (Phi) is 6.61. The first kappa shape index (κ1) is 20.7. The lowest BCUT2D eigenvalue weighted by Gasteiger charge is -2.44. The number of ether oxygens (including phenoxy) is 1. The van der Waals surface area contributed by atoms with Gasteiger partial charge in [-0.3, -0.25) is 0 Å². The lowest BCUT2D eigenvalue weighted by atomic mass is 9.72. The molecule has 4 heteroatoms. The molecule has 2 fully saturated rings. The summed E-state index contributed by atoms with van der Waals surface area (Å²) in [5.74, 6) is 1.45. The van der Waals surface area contributed by atoms with Crippen LogP contribution in [0, 0.1) is 11.8 Å². The summed E-state index contributed by atoms with van der Waals surface area (Å²) in [6.45, 7) is 15.3. The molecule has 1 heterocycles. The zero-order chi connectivity index (χ0) is 18.8. The second kappa shape index (κ2) is 7.97. The van der Waals surface area contributed by atoms with Crippen LogP contribution in [0.2, 0.25) is 18.1 Å². The zero-order valence-corrected chi connectivity index (χ0v) is 18.3.